The zero-order chi connectivity index (χ0) is 5.11. The van der Waals surface area contributed by atoms with Gasteiger partial charge in [0.15, 0.2) is 0 Å². The molecule has 0 radical (unpaired) electrons. The molecule has 1 N–H and O–H groups in total. The first kappa shape index (κ1) is 13.0. The van der Waals surface area contributed by atoms with Crippen LogP contribution in [-0.2, 0) is 0 Å². The minimum atomic E-state index is 0. The molecule has 0 aromatic heterocycles. The molecular formula is C6H6IKO. The largest absolute Gasteiger partial charge is 1.00 e. The Kier molecular flexibility index (Phi) is 10.8. The second-order valence-corrected chi connectivity index (χ2v) is 1.34. The van der Waals surface area contributed by atoms with Crippen molar-refractivity contribution in [1.82, 2.24) is 0 Å². The maximum absolute atomic E-state index is 8.63. The van der Waals surface area contributed by atoms with Gasteiger partial charge in [0.25, 0.3) is 0 Å². The van der Waals surface area contributed by atoms with Crippen LogP contribution in [0.15, 0.2) is 30.3 Å². The van der Waals surface area contributed by atoms with Crippen LogP contribution in [-0.4, -0.2) is 5.11 Å². The number of halogens is 1. The Morgan fingerprint density at radius 2 is 1.44 bits per heavy atom. The van der Waals surface area contributed by atoms with Gasteiger partial charge in [0.2, 0.25) is 0 Å². The van der Waals surface area contributed by atoms with Gasteiger partial charge in [0, 0.05) is 0 Å². The van der Waals surface area contributed by atoms with Crippen molar-refractivity contribution < 1.29 is 80.5 Å². The summed E-state index contributed by atoms with van der Waals surface area (Å²) in [5.74, 6) is 0.322. The van der Waals surface area contributed by atoms with Gasteiger partial charge < -0.3 is 29.1 Å². The summed E-state index contributed by atoms with van der Waals surface area (Å²) in [5, 5.41) is 8.63. The van der Waals surface area contributed by atoms with Gasteiger partial charge in [0.05, 0.1) is 0 Å². The molecule has 0 aliphatic heterocycles. The fraction of sp³-hybridized carbons (Fsp3) is 0. The average molecular weight is 260 g/mol. The zero-order valence-electron chi connectivity index (χ0n) is 5.21. The van der Waals surface area contributed by atoms with Gasteiger partial charge >= 0.3 is 51.4 Å². The van der Waals surface area contributed by atoms with Crippen LogP contribution in [0, 0.1) is 0 Å². The molecule has 1 aromatic carbocycles. The van der Waals surface area contributed by atoms with Crippen LogP contribution < -0.4 is 75.4 Å². The summed E-state index contributed by atoms with van der Waals surface area (Å²) in [6, 6.07) is 8.71. The van der Waals surface area contributed by atoms with Crippen LogP contribution in [0.2, 0.25) is 0 Å². The Hall–Kier alpha value is 1.39. The third-order valence-corrected chi connectivity index (χ3v) is 0.756. The van der Waals surface area contributed by atoms with Crippen LogP contribution in [0.3, 0.4) is 0 Å². The summed E-state index contributed by atoms with van der Waals surface area (Å²) >= 11 is 0. The predicted octanol–water partition coefficient (Wildman–Crippen LogP) is -4.60. The van der Waals surface area contributed by atoms with Crippen molar-refractivity contribution in [2.24, 2.45) is 0 Å². The second-order valence-electron chi connectivity index (χ2n) is 1.34. The minimum absolute atomic E-state index is 0. The van der Waals surface area contributed by atoms with Crippen LogP contribution >= 0.6 is 0 Å². The second kappa shape index (κ2) is 7.49. The van der Waals surface area contributed by atoms with Gasteiger partial charge in [-0.05, 0) is 12.1 Å². The van der Waals surface area contributed by atoms with E-state index in [1.807, 2.05) is 6.07 Å². The van der Waals surface area contributed by atoms with Gasteiger partial charge in [-0.1, -0.05) is 18.2 Å². The van der Waals surface area contributed by atoms with Crippen molar-refractivity contribution >= 4 is 0 Å². The molecule has 0 bridgehead atoms. The first-order valence-electron chi connectivity index (χ1n) is 2.13. The number of rotatable bonds is 0. The smallest absolute Gasteiger partial charge is 1.00 e. The Bertz CT molecular complexity index is 143. The van der Waals surface area contributed by atoms with Crippen LogP contribution in [0.5, 0.6) is 5.75 Å². The van der Waals surface area contributed by atoms with E-state index in [-0.39, 0.29) is 75.4 Å². The van der Waals surface area contributed by atoms with Crippen LogP contribution in [0.4, 0.5) is 0 Å². The number of aromatic hydroxyl groups is 1. The van der Waals surface area contributed by atoms with Crippen molar-refractivity contribution in [2.45, 2.75) is 0 Å². The van der Waals surface area contributed by atoms with E-state index in [0.29, 0.717) is 5.75 Å². The van der Waals surface area contributed by atoms with Crippen molar-refractivity contribution in [3.63, 3.8) is 0 Å². The van der Waals surface area contributed by atoms with Crippen molar-refractivity contribution in [1.29, 1.82) is 0 Å². The molecule has 9 heavy (non-hydrogen) atoms. The van der Waals surface area contributed by atoms with Crippen molar-refractivity contribution in [3.05, 3.63) is 30.3 Å². The van der Waals surface area contributed by atoms with E-state index in [1.54, 1.807) is 24.3 Å². The molecule has 0 aliphatic rings. The molecule has 0 saturated heterocycles. The van der Waals surface area contributed by atoms with Gasteiger partial charge in [-0.25, -0.2) is 0 Å². The van der Waals surface area contributed by atoms with Gasteiger partial charge in [0.1, 0.15) is 5.75 Å². The summed E-state index contributed by atoms with van der Waals surface area (Å²) in [5.41, 5.74) is 0. The van der Waals surface area contributed by atoms with Crippen LogP contribution in [0.25, 0.3) is 0 Å². The average Bonchev–Trinajstić information content (AvgIpc) is 1.69. The SMILES string of the molecule is Oc1ccccc1.[I-].[K+]. The fourth-order valence-corrected chi connectivity index (χ4v) is 0.428. The molecule has 0 spiro atoms. The van der Waals surface area contributed by atoms with Gasteiger partial charge in [-0.15, -0.1) is 0 Å². The minimum Gasteiger partial charge on any atom is -1.00 e. The van der Waals surface area contributed by atoms with E-state index < -0.39 is 0 Å². The normalized spacial score (nSPS) is 6.67. The molecule has 0 aliphatic carbocycles. The van der Waals surface area contributed by atoms with E-state index in [1.165, 1.54) is 0 Å². The van der Waals surface area contributed by atoms with Gasteiger partial charge in [-0.2, -0.15) is 0 Å². The standard InChI is InChI=1S/C6H6O.HI.K/c7-6-4-2-1-3-5-6;;/h1-5,7H;1H;/q;;+1/p-1. The van der Waals surface area contributed by atoms with Gasteiger partial charge in [-0.3, -0.25) is 0 Å². The maximum Gasteiger partial charge on any atom is 1.00 e. The summed E-state index contributed by atoms with van der Waals surface area (Å²) in [6.07, 6.45) is 0. The Morgan fingerprint density at radius 3 is 1.67 bits per heavy atom. The molecule has 0 unspecified atom stereocenters. The number of hydrogen-bond acceptors (Lipinski definition) is 1. The third-order valence-electron chi connectivity index (χ3n) is 0.756. The summed E-state index contributed by atoms with van der Waals surface area (Å²) < 4.78 is 0. The summed E-state index contributed by atoms with van der Waals surface area (Å²) in [6.45, 7) is 0. The maximum atomic E-state index is 8.63. The van der Waals surface area contributed by atoms with E-state index in [9.17, 15) is 0 Å². The number of para-hydroxylation sites is 1. The molecule has 0 amide bonds. The Morgan fingerprint density at radius 1 is 1.00 bits per heavy atom. The number of phenolic OH excluding ortho intramolecular Hbond substituents is 1. The molecule has 0 fully saturated rings. The van der Waals surface area contributed by atoms with E-state index in [2.05, 4.69) is 0 Å². The third kappa shape index (κ3) is 5.81. The predicted molar refractivity (Wildman–Crippen MR) is 28.1 cm³/mol. The zero-order valence-corrected chi connectivity index (χ0v) is 10.5. The molecule has 0 atom stereocenters. The molecule has 3 heteroatoms. The van der Waals surface area contributed by atoms with E-state index >= 15 is 0 Å². The molecule has 1 nitrogen and oxygen atoms in total. The molecule has 1 aromatic rings. The summed E-state index contributed by atoms with van der Waals surface area (Å²) in [7, 11) is 0. The van der Waals surface area contributed by atoms with Crippen LogP contribution in [0.1, 0.15) is 0 Å². The Labute approximate surface area is 114 Å². The molecule has 1 rings (SSSR count). The summed E-state index contributed by atoms with van der Waals surface area (Å²) in [4.78, 5) is 0. The van der Waals surface area contributed by atoms with E-state index in [0.717, 1.165) is 0 Å². The molecular weight excluding hydrogens is 254 g/mol. The first-order chi connectivity index (χ1) is 3.39. The Balaban J connectivity index is 0. The van der Waals surface area contributed by atoms with Crippen molar-refractivity contribution in [3.8, 4) is 5.75 Å². The number of phenols is 1. The number of benzene rings is 1. The quantitative estimate of drug-likeness (QED) is 0.368. The molecule has 0 heterocycles. The molecule has 0 saturated carbocycles. The fourth-order valence-electron chi connectivity index (χ4n) is 0.428. The number of hydrogen-bond donors (Lipinski definition) is 1. The monoisotopic (exact) mass is 260 g/mol. The first-order valence-corrected chi connectivity index (χ1v) is 2.13. The topological polar surface area (TPSA) is 20.2 Å². The van der Waals surface area contributed by atoms with E-state index in [4.69, 9.17) is 5.11 Å². The van der Waals surface area contributed by atoms with Crippen molar-refractivity contribution in [2.75, 3.05) is 0 Å². The molecule has 44 valence electrons.